The molecule has 0 radical (unpaired) electrons. The zero-order chi connectivity index (χ0) is 13.1. The molecule has 0 aliphatic carbocycles. The molecule has 1 aromatic rings. The molecule has 1 aromatic carbocycles. The zero-order valence-corrected chi connectivity index (χ0v) is 12.5. The number of ketones is 1. The van der Waals surface area contributed by atoms with Crippen LogP contribution in [0.25, 0.3) is 0 Å². The fraction of sp³-hybridized carbons (Fsp3) is 0.533. The van der Waals surface area contributed by atoms with Gasteiger partial charge in [-0.15, -0.1) is 0 Å². The van der Waals surface area contributed by atoms with Crippen LogP contribution in [0.5, 0.6) is 5.75 Å². The molecule has 0 saturated carbocycles. The Hall–Kier alpha value is -0.830. The van der Waals surface area contributed by atoms with Gasteiger partial charge in [-0.3, -0.25) is 4.79 Å². The standard InChI is InChI=1S/C15H19BrO2/c1-10(2)3-4-14(17)9-12-8-13(16)7-11-5-6-18-15(11)12/h7-8,10H,3-6,9H2,1-2H3. The molecule has 0 N–H and O–H groups in total. The number of benzene rings is 1. The van der Waals surface area contributed by atoms with E-state index in [2.05, 4.69) is 35.8 Å². The van der Waals surface area contributed by atoms with Crippen LogP contribution < -0.4 is 4.74 Å². The second-order valence-electron chi connectivity index (χ2n) is 5.30. The van der Waals surface area contributed by atoms with Crippen molar-refractivity contribution in [2.45, 2.75) is 39.5 Å². The molecule has 0 fully saturated rings. The van der Waals surface area contributed by atoms with Gasteiger partial charge in [-0.25, -0.2) is 0 Å². The third-order valence-electron chi connectivity index (χ3n) is 3.21. The lowest BCUT2D eigenvalue weighted by Crippen LogP contribution is -2.05. The maximum Gasteiger partial charge on any atom is 0.137 e. The molecule has 0 unspecified atom stereocenters. The van der Waals surface area contributed by atoms with Crippen LogP contribution in [0, 0.1) is 5.92 Å². The molecule has 1 heterocycles. The summed E-state index contributed by atoms with van der Waals surface area (Å²) in [5, 5.41) is 0. The van der Waals surface area contributed by atoms with Crippen molar-refractivity contribution in [3.8, 4) is 5.75 Å². The number of ether oxygens (including phenoxy) is 1. The minimum Gasteiger partial charge on any atom is -0.493 e. The minimum absolute atomic E-state index is 0.305. The number of hydrogen-bond donors (Lipinski definition) is 0. The lowest BCUT2D eigenvalue weighted by atomic mass is 9.99. The van der Waals surface area contributed by atoms with Crippen LogP contribution in [0.3, 0.4) is 0 Å². The molecule has 0 amide bonds. The predicted octanol–water partition coefficient (Wildman–Crippen LogP) is 3.93. The van der Waals surface area contributed by atoms with Gasteiger partial charge in [0.05, 0.1) is 6.61 Å². The van der Waals surface area contributed by atoms with Gasteiger partial charge in [0, 0.05) is 29.3 Å². The van der Waals surface area contributed by atoms with E-state index in [0.29, 0.717) is 24.5 Å². The van der Waals surface area contributed by atoms with Crippen molar-refractivity contribution in [2.24, 2.45) is 5.92 Å². The molecule has 2 rings (SSSR count). The van der Waals surface area contributed by atoms with Gasteiger partial charge in [-0.05, 0) is 30.0 Å². The van der Waals surface area contributed by atoms with Crippen LogP contribution in [0.1, 0.15) is 37.8 Å². The quantitative estimate of drug-likeness (QED) is 0.823. The Morgan fingerprint density at radius 3 is 2.94 bits per heavy atom. The van der Waals surface area contributed by atoms with Crippen molar-refractivity contribution >= 4 is 21.7 Å². The van der Waals surface area contributed by atoms with Crippen molar-refractivity contribution in [3.05, 3.63) is 27.7 Å². The highest BCUT2D eigenvalue weighted by Gasteiger charge is 2.19. The van der Waals surface area contributed by atoms with E-state index in [1.165, 1.54) is 5.56 Å². The average Bonchev–Trinajstić information content (AvgIpc) is 2.74. The first-order chi connectivity index (χ1) is 8.56. The number of fused-ring (bicyclic) bond motifs is 1. The zero-order valence-electron chi connectivity index (χ0n) is 11.0. The van der Waals surface area contributed by atoms with Gasteiger partial charge >= 0.3 is 0 Å². The molecule has 0 aromatic heterocycles. The summed E-state index contributed by atoms with van der Waals surface area (Å²) < 4.78 is 6.68. The fourth-order valence-corrected chi connectivity index (χ4v) is 2.78. The summed E-state index contributed by atoms with van der Waals surface area (Å²) in [7, 11) is 0. The molecule has 1 aliphatic rings. The Bertz CT molecular complexity index is 452. The summed E-state index contributed by atoms with van der Waals surface area (Å²) in [5.74, 6) is 1.83. The van der Waals surface area contributed by atoms with Gasteiger partial charge in [-0.1, -0.05) is 29.8 Å². The molecule has 0 saturated heterocycles. The van der Waals surface area contributed by atoms with Gasteiger partial charge in [0.2, 0.25) is 0 Å². The lowest BCUT2D eigenvalue weighted by Gasteiger charge is -2.09. The van der Waals surface area contributed by atoms with E-state index < -0.39 is 0 Å². The highest BCUT2D eigenvalue weighted by Crippen LogP contribution is 2.33. The molecule has 0 spiro atoms. The first-order valence-electron chi connectivity index (χ1n) is 6.52. The topological polar surface area (TPSA) is 26.3 Å². The third-order valence-corrected chi connectivity index (χ3v) is 3.67. The SMILES string of the molecule is CC(C)CCC(=O)Cc1cc(Br)cc2c1OCC2. The van der Waals surface area contributed by atoms with Crippen LogP contribution in [0.15, 0.2) is 16.6 Å². The fourth-order valence-electron chi connectivity index (χ4n) is 2.23. The summed E-state index contributed by atoms with van der Waals surface area (Å²) >= 11 is 3.50. The van der Waals surface area contributed by atoms with Gasteiger partial charge in [0.25, 0.3) is 0 Å². The van der Waals surface area contributed by atoms with Crippen molar-refractivity contribution in [2.75, 3.05) is 6.61 Å². The molecule has 18 heavy (non-hydrogen) atoms. The van der Waals surface area contributed by atoms with E-state index in [1.54, 1.807) is 0 Å². The lowest BCUT2D eigenvalue weighted by molar-refractivity contribution is -0.118. The van der Waals surface area contributed by atoms with Gasteiger partial charge in [0.15, 0.2) is 0 Å². The molecular formula is C15H19BrO2. The molecule has 1 aliphatic heterocycles. The van der Waals surface area contributed by atoms with E-state index in [-0.39, 0.29) is 0 Å². The highest BCUT2D eigenvalue weighted by atomic mass is 79.9. The maximum atomic E-state index is 12.0. The van der Waals surface area contributed by atoms with Crippen LogP contribution in [0.2, 0.25) is 0 Å². The van der Waals surface area contributed by atoms with Crippen LogP contribution in [0.4, 0.5) is 0 Å². The van der Waals surface area contributed by atoms with E-state index in [4.69, 9.17) is 4.74 Å². The summed E-state index contributed by atoms with van der Waals surface area (Å²) in [4.78, 5) is 12.0. The Kier molecular flexibility index (Phi) is 4.44. The van der Waals surface area contributed by atoms with E-state index in [9.17, 15) is 4.79 Å². The largest absolute Gasteiger partial charge is 0.493 e. The summed E-state index contributed by atoms with van der Waals surface area (Å²) in [6.07, 6.45) is 3.07. The Morgan fingerprint density at radius 2 is 2.22 bits per heavy atom. The van der Waals surface area contributed by atoms with Gasteiger partial charge in [0.1, 0.15) is 11.5 Å². The van der Waals surface area contributed by atoms with Crippen molar-refractivity contribution in [1.29, 1.82) is 0 Å². The van der Waals surface area contributed by atoms with Crippen molar-refractivity contribution in [3.63, 3.8) is 0 Å². The first-order valence-corrected chi connectivity index (χ1v) is 7.31. The molecule has 0 bridgehead atoms. The number of Topliss-reactive ketones (excluding diaryl/α,β-unsaturated/α-hetero) is 1. The molecular weight excluding hydrogens is 292 g/mol. The molecule has 3 heteroatoms. The van der Waals surface area contributed by atoms with Crippen molar-refractivity contribution < 1.29 is 9.53 Å². The van der Waals surface area contributed by atoms with Crippen LogP contribution in [-0.2, 0) is 17.6 Å². The van der Waals surface area contributed by atoms with Crippen molar-refractivity contribution in [1.82, 2.24) is 0 Å². The predicted molar refractivity (Wildman–Crippen MR) is 76.1 cm³/mol. The number of carbonyl (C=O) groups is 1. The molecule has 2 nitrogen and oxygen atoms in total. The normalized spacial score (nSPS) is 13.6. The molecule has 0 atom stereocenters. The maximum absolute atomic E-state index is 12.0. The Labute approximate surface area is 117 Å². The summed E-state index contributed by atoms with van der Waals surface area (Å²) in [5.41, 5.74) is 2.25. The van der Waals surface area contributed by atoms with E-state index >= 15 is 0 Å². The minimum atomic E-state index is 0.305. The van der Waals surface area contributed by atoms with E-state index in [0.717, 1.165) is 35.2 Å². The monoisotopic (exact) mass is 310 g/mol. The third kappa shape index (κ3) is 3.35. The van der Waals surface area contributed by atoms with Gasteiger partial charge < -0.3 is 4.74 Å². The smallest absolute Gasteiger partial charge is 0.137 e. The second kappa shape index (κ2) is 5.87. The number of halogens is 1. The summed E-state index contributed by atoms with van der Waals surface area (Å²) in [6.45, 7) is 5.03. The number of hydrogen-bond acceptors (Lipinski definition) is 2. The van der Waals surface area contributed by atoms with Gasteiger partial charge in [-0.2, -0.15) is 0 Å². The Morgan fingerprint density at radius 1 is 1.44 bits per heavy atom. The highest BCUT2D eigenvalue weighted by molar-refractivity contribution is 9.10. The first kappa shape index (κ1) is 13.6. The number of rotatable bonds is 5. The number of carbonyl (C=O) groups excluding carboxylic acids is 1. The summed E-state index contributed by atoms with van der Waals surface area (Å²) in [6, 6.07) is 4.10. The second-order valence-corrected chi connectivity index (χ2v) is 6.22. The van der Waals surface area contributed by atoms with Crippen LogP contribution in [-0.4, -0.2) is 12.4 Å². The van der Waals surface area contributed by atoms with Crippen LogP contribution >= 0.6 is 15.9 Å². The van der Waals surface area contributed by atoms with E-state index in [1.807, 2.05) is 6.07 Å². The average molecular weight is 311 g/mol. The Balaban J connectivity index is 2.07. The molecule has 98 valence electrons.